The fraction of sp³-hybridized carbons (Fsp3) is 0.200. The van der Waals surface area contributed by atoms with Crippen LogP contribution in [0.3, 0.4) is 0 Å². The predicted octanol–water partition coefficient (Wildman–Crippen LogP) is 8.01. The van der Waals surface area contributed by atoms with E-state index < -0.39 is 18.4 Å². The number of hydrogen-bond donors (Lipinski definition) is 0. The summed E-state index contributed by atoms with van der Waals surface area (Å²) in [5.74, 6) is 0. The summed E-state index contributed by atoms with van der Waals surface area (Å²) in [4.78, 5) is 0. The van der Waals surface area contributed by atoms with Gasteiger partial charge >= 0.3 is 0 Å². The molecule has 0 N–H and O–H groups in total. The van der Waals surface area contributed by atoms with Gasteiger partial charge in [0.05, 0.1) is 30.6 Å². The Kier molecular flexibility index (Phi) is 13.2. The van der Waals surface area contributed by atoms with Crippen LogP contribution in [0.1, 0.15) is 7.43 Å². The molecule has 4 rings (SSSR count). The molecule has 0 fully saturated rings. The maximum absolute atomic E-state index is 6.09. The van der Waals surface area contributed by atoms with E-state index in [2.05, 4.69) is 63.5 Å². The van der Waals surface area contributed by atoms with Crippen LogP contribution < -0.4 is 22.0 Å². The highest BCUT2D eigenvalue weighted by molar-refractivity contribution is 14.2. The van der Waals surface area contributed by atoms with Crippen molar-refractivity contribution in [2.24, 2.45) is 0 Å². The topological polar surface area (TPSA) is 52.6 Å². The predicted molar refractivity (Wildman–Crippen MR) is 151 cm³/mol. The third-order valence-corrected chi connectivity index (χ3v) is 9.22. The zero-order valence-corrected chi connectivity index (χ0v) is 23.9. The summed E-state index contributed by atoms with van der Waals surface area (Å²) < 4.78 is 20.9. The van der Waals surface area contributed by atoms with Gasteiger partial charge in [0.25, 0.3) is 0 Å². The van der Waals surface area contributed by atoms with Gasteiger partial charge in [-0.25, -0.2) is 0 Å². The molecule has 4 nitrogen and oxygen atoms in total. The van der Waals surface area contributed by atoms with Crippen LogP contribution in [0.2, 0.25) is 19.6 Å². The van der Waals surface area contributed by atoms with E-state index >= 15 is 0 Å². The molecular formula is C20H25ClI2O4P2Si. The first-order chi connectivity index (χ1) is 13.8. The number of halogens is 3. The number of hydrogen-bond acceptors (Lipinski definition) is 4. The number of furan rings is 4. The molecule has 0 aliphatic heterocycles. The first-order valence-electron chi connectivity index (χ1n) is 8.50. The second kappa shape index (κ2) is 14.2. The molecule has 0 bridgehead atoms. The van der Waals surface area contributed by atoms with Crippen LogP contribution in [0.25, 0.3) is 0 Å². The highest BCUT2D eigenvalue weighted by Gasteiger charge is 2.16. The van der Waals surface area contributed by atoms with Gasteiger partial charge in [-0.1, -0.05) is 38.3 Å². The quantitative estimate of drug-likeness (QED) is 0.0934. The fourth-order valence-corrected chi connectivity index (χ4v) is 5.88. The molecular weight excluding hydrogens is 684 g/mol. The van der Waals surface area contributed by atoms with E-state index in [-0.39, 0.29) is 7.43 Å². The fourth-order valence-electron chi connectivity index (χ4n) is 1.74. The third-order valence-electron chi connectivity index (χ3n) is 2.80. The van der Waals surface area contributed by atoms with Crippen LogP contribution >= 0.6 is 67.9 Å². The number of rotatable bonds is 4. The first kappa shape index (κ1) is 28.0. The van der Waals surface area contributed by atoms with Crippen LogP contribution in [-0.4, -0.2) is 5.57 Å². The van der Waals surface area contributed by atoms with Crippen molar-refractivity contribution in [3.05, 3.63) is 73.6 Å². The minimum Gasteiger partial charge on any atom is -0.464 e. The summed E-state index contributed by atoms with van der Waals surface area (Å²) in [6.07, 6.45) is 6.59. The minimum absolute atomic E-state index is 0. The summed E-state index contributed by atoms with van der Waals surface area (Å²) in [5.41, 5.74) is 2.40. The average molecular weight is 709 g/mol. The van der Waals surface area contributed by atoms with Gasteiger partial charge in [-0.2, -0.15) is 0 Å². The van der Waals surface area contributed by atoms with Gasteiger partial charge in [-0.3, -0.25) is 0 Å². The lowest BCUT2D eigenvalue weighted by molar-refractivity contribution is 0.594. The van der Waals surface area contributed by atoms with E-state index in [1.807, 2.05) is 48.5 Å². The van der Waals surface area contributed by atoms with Crippen molar-refractivity contribution in [2.75, 3.05) is 0 Å². The minimum atomic E-state index is -0.958. The second-order valence-corrected chi connectivity index (χ2v) is 27.1. The van der Waals surface area contributed by atoms with Gasteiger partial charge < -0.3 is 17.7 Å². The van der Waals surface area contributed by atoms with Crippen molar-refractivity contribution >= 4 is 95.5 Å². The highest BCUT2D eigenvalue weighted by Crippen LogP contribution is 2.42. The van der Waals surface area contributed by atoms with Crippen LogP contribution in [0.15, 0.2) is 91.3 Å². The van der Waals surface area contributed by atoms with E-state index in [9.17, 15) is 0 Å². The molecule has 0 atom stereocenters. The maximum atomic E-state index is 6.09. The van der Waals surface area contributed by atoms with Gasteiger partial charge in [0, 0.05) is 0 Å². The van der Waals surface area contributed by atoms with E-state index in [0.29, 0.717) is 0 Å². The molecule has 0 saturated carbocycles. The monoisotopic (exact) mass is 708 g/mol. The van der Waals surface area contributed by atoms with Crippen molar-refractivity contribution in [1.82, 2.24) is 0 Å². The van der Waals surface area contributed by atoms with E-state index in [0.717, 1.165) is 22.0 Å². The Morgan fingerprint density at radius 1 is 0.700 bits per heavy atom. The van der Waals surface area contributed by atoms with E-state index in [4.69, 9.17) is 28.9 Å². The van der Waals surface area contributed by atoms with Gasteiger partial charge in [0.1, 0.15) is 34.9 Å². The smallest absolute Gasteiger partial charge is 0.148 e. The molecule has 0 amide bonds. The normalized spacial score (nSPS) is 10.7. The van der Waals surface area contributed by atoms with Crippen LogP contribution in [0, 0.1) is 0 Å². The molecule has 10 heteroatoms. The molecule has 0 aromatic carbocycles. The summed E-state index contributed by atoms with van der Waals surface area (Å²) in [5, 5.41) is 0. The first-order valence-corrected chi connectivity index (χ1v) is 21.5. The van der Waals surface area contributed by atoms with Gasteiger partial charge in [-0.15, -0.1) is 21.8 Å². The van der Waals surface area contributed by atoms with Crippen molar-refractivity contribution in [1.29, 1.82) is 0 Å². The summed E-state index contributed by atoms with van der Waals surface area (Å²) in [6.45, 7) is 6.94. The molecule has 0 unspecified atom stereocenters. The molecule has 4 aromatic rings. The van der Waals surface area contributed by atoms with Crippen molar-refractivity contribution in [3.63, 3.8) is 0 Å². The largest absolute Gasteiger partial charge is 0.464 e. The summed E-state index contributed by atoms with van der Waals surface area (Å²) >= 11 is 11.0. The Bertz CT molecular complexity index is 749. The standard InChI is InChI=1S/C8H6ClO2P.C8H6IO2P.C3H9ISi.CH4/c2*9-12(7-3-1-5-10-7)8-4-2-6-11-8;1-5(2,3)4;/h2*1-6H;1-3H3;1H4. The van der Waals surface area contributed by atoms with E-state index in [1.54, 1.807) is 25.1 Å². The van der Waals surface area contributed by atoms with Crippen LogP contribution in [-0.2, 0) is 0 Å². The van der Waals surface area contributed by atoms with E-state index in [1.165, 1.54) is 0 Å². The van der Waals surface area contributed by atoms with Crippen molar-refractivity contribution in [2.45, 2.75) is 27.1 Å². The summed E-state index contributed by atoms with van der Waals surface area (Å²) in [6, 6.07) is 15.1. The molecule has 0 saturated heterocycles. The lowest BCUT2D eigenvalue weighted by Gasteiger charge is -2.00. The molecule has 0 aliphatic carbocycles. The SMILES string of the molecule is C.C[Si](C)(C)I.ClP(c1ccco1)c1ccco1.IP(c1ccco1)c1ccco1. The Labute approximate surface area is 212 Å². The molecule has 164 valence electrons. The van der Waals surface area contributed by atoms with Gasteiger partial charge in [0.2, 0.25) is 0 Å². The van der Waals surface area contributed by atoms with Gasteiger partial charge in [0.15, 0.2) is 0 Å². The molecule has 4 aromatic heterocycles. The molecule has 0 aliphatic rings. The van der Waals surface area contributed by atoms with Crippen LogP contribution in [0.4, 0.5) is 0 Å². The maximum Gasteiger partial charge on any atom is 0.148 e. The molecule has 0 spiro atoms. The average Bonchev–Trinajstić information content (AvgIpc) is 3.48. The zero-order chi connectivity index (χ0) is 21.3. The highest BCUT2D eigenvalue weighted by atomic mass is 127. The van der Waals surface area contributed by atoms with Gasteiger partial charge in [-0.05, 0) is 70.6 Å². The van der Waals surface area contributed by atoms with Crippen LogP contribution in [0.5, 0.6) is 0 Å². The molecule has 4 heterocycles. The summed E-state index contributed by atoms with van der Waals surface area (Å²) in [7, 11) is -0.958. The third kappa shape index (κ3) is 10.5. The second-order valence-electron chi connectivity index (χ2n) is 6.43. The Balaban J connectivity index is 0.000000241. The van der Waals surface area contributed by atoms with Crippen molar-refractivity contribution in [3.8, 4) is 0 Å². The van der Waals surface area contributed by atoms with Crippen molar-refractivity contribution < 1.29 is 17.7 Å². The lowest BCUT2D eigenvalue weighted by atomic mass is 10.7. The zero-order valence-electron chi connectivity index (χ0n) is 16.1. The Morgan fingerprint density at radius 3 is 1.20 bits per heavy atom. The molecule has 30 heavy (non-hydrogen) atoms. The Morgan fingerprint density at radius 2 is 0.967 bits per heavy atom. The lowest BCUT2D eigenvalue weighted by Crippen LogP contribution is -2.05. The molecule has 0 radical (unpaired) electrons. The Hall–Kier alpha value is -0.0531.